The van der Waals surface area contributed by atoms with E-state index < -0.39 is 11.7 Å². The summed E-state index contributed by atoms with van der Waals surface area (Å²) in [7, 11) is 0. The Bertz CT molecular complexity index is 693. The molecule has 0 amide bonds. The highest BCUT2D eigenvalue weighted by Crippen LogP contribution is 2.61. The minimum atomic E-state index is -0.720. The van der Waals surface area contributed by atoms with E-state index in [2.05, 4.69) is 58.9 Å². The molecule has 4 nitrogen and oxygen atoms in total. The smallest absolute Gasteiger partial charge is 0.319 e. The molecule has 0 aromatic rings. The Morgan fingerprint density at radius 1 is 1.28 bits per heavy atom. The van der Waals surface area contributed by atoms with E-state index in [1.807, 2.05) is 0 Å². The molecule has 1 heterocycles. The van der Waals surface area contributed by atoms with Gasteiger partial charge in [-0.05, 0) is 42.4 Å². The fraction of sp³-hybridized carbons (Fsp3) is 0.800. The van der Waals surface area contributed by atoms with Crippen molar-refractivity contribution < 1.29 is 19.4 Å². The van der Waals surface area contributed by atoms with E-state index in [9.17, 15) is 9.90 Å². The van der Waals surface area contributed by atoms with Crippen molar-refractivity contribution in [3.63, 3.8) is 0 Å². The Hall–Kier alpha value is -1.13. The number of hydrogen-bond acceptors (Lipinski definition) is 4. The molecule has 162 valence electrons. The second-order valence-corrected chi connectivity index (χ2v) is 11.0. The number of cyclic esters (lactones) is 1. The maximum atomic E-state index is 13.4. The number of aliphatic hydroxyl groups is 1. The molecular formula is C25H38O4. The monoisotopic (exact) mass is 402 g/mol. The van der Waals surface area contributed by atoms with E-state index in [-0.39, 0.29) is 41.8 Å². The standard InChI is InChI=1S/C25H38O4/c1-15(2)18-9-7-16(3)13-19(18)28-22-21-17(14-26)8-10-20-24(4,5)11-6-12-25(20,21)23(27)29-22/h6,8,10,12,15-22,26H,7,9,11,13-14H2,1-5H3/t16-,17+,18+,19-,20-,21+,22-,25+/m0/s1. The lowest BCUT2D eigenvalue weighted by atomic mass is 9.51. The minimum Gasteiger partial charge on any atom is -0.435 e. The van der Waals surface area contributed by atoms with Crippen molar-refractivity contribution >= 4 is 5.97 Å². The molecule has 0 aromatic heterocycles. The van der Waals surface area contributed by atoms with Crippen LogP contribution in [0.5, 0.6) is 0 Å². The fourth-order valence-corrected chi connectivity index (χ4v) is 6.67. The minimum absolute atomic E-state index is 0.00901. The predicted octanol–water partition coefficient (Wildman–Crippen LogP) is 4.73. The highest BCUT2D eigenvalue weighted by molar-refractivity contribution is 5.83. The zero-order chi connectivity index (χ0) is 21.0. The summed E-state index contributed by atoms with van der Waals surface area (Å²) in [5, 5.41) is 10.1. The van der Waals surface area contributed by atoms with Gasteiger partial charge in [-0.1, -0.05) is 65.3 Å². The van der Waals surface area contributed by atoms with Gasteiger partial charge in [0.1, 0.15) is 5.41 Å². The Labute approximate surface area is 175 Å². The van der Waals surface area contributed by atoms with Gasteiger partial charge in [-0.3, -0.25) is 4.79 Å². The lowest BCUT2D eigenvalue weighted by Crippen LogP contribution is -2.52. The molecule has 1 saturated carbocycles. The molecule has 1 spiro atoms. The second-order valence-electron chi connectivity index (χ2n) is 11.0. The van der Waals surface area contributed by atoms with Crippen molar-refractivity contribution in [2.75, 3.05) is 6.61 Å². The van der Waals surface area contributed by atoms with Crippen molar-refractivity contribution in [2.24, 2.45) is 46.3 Å². The van der Waals surface area contributed by atoms with Crippen LogP contribution >= 0.6 is 0 Å². The van der Waals surface area contributed by atoms with Gasteiger partial charge in [0.25, 0.3) is 0 Å². The van der Waals surface area contributed by atoms with Gasteiger partial charge >= 0.3 is 5.97 Å². The molecule has 4 heteroatoms. The molecule has 1 aliphatic heterocycles. The maximum Gasteiger partial charge on any atom is 0.319 e. The second kappa shape index (κ2) is 7.53. The molecule has 29 heavy (non-hydrogen) atoms. The van der Waals surface area contributed by atoms with Crippen molar-refractivity contribution in [2.45, 2.75) is 72.7 Å². The van der Waals surface area contributed by atoms with Crippen molar-refractivity contribution in [3.05, 3.63) is 24.3 Å². The first kappa shape index (κ1) is 21.1. The predicted molar refractivity (Wildman–Crippen MR) is 113 cm³/mol. The van der Waals surface area contributed by atoms with Gasteiger partial charge in [-0.25, -0.2) is 0 Å². The van der Waals surface area contributed by atoms with Gasteiger partial charge in [0.05, 0.1) is 12.0 Å². The molecule has 0 bridgehead atoms. The van der Waals surface area contributed by atoms with Crippen LogP contribution < -0.4 is 0 Å². The molecule has 4 aliphatic rings. The fourth-order valence-electron chi connectivity index (χ4n) is 6.67. The maximum absolute atomic E-state index is 13.4. The average Bonchev–Trinajstić information content (AvgIpc) is 2.92. The number of esters is 1. The van der Waals surface area contributed by atoms with Gasteiger partial charge < -0.3 is 14.6 Å². The number of hydrogen-bond donors (Lipinski definition) is 1. The van der Waals surface area contributed by atoms with E-state index in [1.54, 1.807) is 0 Å². The highest BCUT2D eigenvalue weighted by Gasteiger charge is 2.66. The van der Waals surface area contributed by atoms with Gasteiger partial charge in [0.15, 0.2) is 0 Å². The van der Waals surface area contributed by atoms with Crippen LogP contribution in [0.2, 0.25) is 0 Å². The summed E-state index contributed by atoms with van der Waals surface area (Å²) in [5.41, 5.74) is -0.750. The molecular weight excluding hydrogens is 364 g/mol. The Kier molecular flexibility index (Phi) is 5.48. The van der Waals surface area contributed by atoms with E-state index >= 15 is 0 Å². The van der Waals surface area contributed by atoms with Crippen LogP contribution in [0.1, 0.15) is 60.3 Å². The number of carbonyl (C=O) groups excluding carboxylic acids is 1. The summed E-state index contributed by atoms with van der Waals surface area (Å²) in [6, 6.07) is 0. The lowest BCUT2D eigenvalue weighted by molar-refractivity contribution is -0.200. The van der Waals surface area contributed by atoms with Crippen LogP contribution in [-0.2, 0) is 14.3 Å². The molecule has 0 aromatic carbocycles. The first-order valence-corrected chi connectivity index (χ1v) is 11.5. The summed E-state index contributed by atoms with van der Waals surface area (Å²) in [6.07, 6.45) is 12.4. The van der Waals surface area contributed by atoms with Gasteiger partial charge in [-0.15, -0.1) is 0 Å². The molecule has 1 saturated heterocycles. The van der Waals surface area contributed by atoms with Crippen molar-refractivity contribution in [1.82, 2.24) is 0 Å². The largest absolute Gasteiger partial charge is 0.435 e. The third kappa shape index (κ3) is 3.31. The molecule has 0 unspecified atom stereocenters. The third-order valence-corrected chi connectivity index (χ3v) is 8.31. The zero-order valence-electron chi connectivity index (χ0n) is 18.6. The van der Waals surface area contributed by atoms with Gasteiger partial charge in [-0.2, -0.15) is 0 Å². The van der Waals surface area contributed by atoms with Crippen LogP contribution in [0.4, 0.5) is 0 Å². The van der Waals surface area contributed by atoms with Crippen molar-refractivity contribution in [3.8, 4) is 0 Å². The molecule has 4 rings (SSSR count). The van der Waals surface area contributed by atoms with E-state index in [0.29, 0.717) is 17.8 Å². The molecule has 2 fully saturated rings. The van der Waals surface area contributed by atoms with E-state index in [1.165, 1.54) is 12.8 Å². The number of carbonyl (C=O) groups is 1. The summed E-state index contributed by atoms with van der Waals surface area (Å²) >= 11 is 0. The van der Waals surface area contributed by atoms with E-state index in [4.69, 9.17) is 9.47 Å². The molecule has 3 aliphatic carbocycles. The van der Waals surface area contributed by atoms with Crippen LogP contribution in [0.15, 0.2) is 24.3 Å². The Morgan fingerprint density at radius 3 is 2.72 bits per heavy atom. The normalized spacial score (nSPS) is 45.8. The van der Waals surface area contributed by atoms with Crippen LogP contribution in [0.25, 0.3) is 0 Å². The first-order valence-electron chi connectivity index (χ1n) is 11.5. The quantitative estimate of drug-likeness (QED) is 0.546. The Morgan fingerprint density at radius 2 is 2.03 bits per heavy atom. The van der Waals surface area contributed by atoms with Crippen LogP contribution in [0.3, 0.4) is 0 Å². The topological polar surface area (TPSA) is 55.8 Å². The summed E-state index contributed by atoms with van der Waals surface area (Å²) in [6.45, 7) is 11.3. The highest BCUT2D eigenvalue weighted by atomic mass is 16.7. The number of allylic oxidation sites excluding steroid dienone is 2. The van der Waals surface area contributed by atoms with Gasteiger partial charge in [0.2, 0.25) is 6.29 Å². The van der Waals surface area contributed by atoms with Crippen molar-refractivity contribution in [1.29, 1.82) is 0 Å². The lowest BCUT2D eigenvalue weighted by Gasteiger charge is -2.50. The Balaban J connectivity index is 1.68. The number of aliphatic hydroxyl groups excluding tert-OH is 1. The van der Waals surface area contributed by atoms with Gasteiger partial charge in [0, 0.05) is 18.4 Å². The summed E-state index contributed by atoms with van der Waals surface area (Å²) < 4.78 is 12.7. The summed E-state index contributed by atoms with van der Waals surface area (Å²) in [4.78, 5) is 13.4. The third-order valence-electron chi connectivity index (χ3n) is 8.31. The van der Waals surface area contributed by atoms with Crippen LogP contribution in [0, 0.1) is 46.3 Å². The summed E-state index contributed by atoms with van der Waals surface area (Å²) in [5.74, 6) is 1.26. The molecule has 0 radical (unpaired) electrons. The molecule has 8 atom stereocenters. The van der Waals surface area contributed by atoms with E-state index in [0.717, 1.165) is 12.8 Å². The number of rotatable bonds is 4. The first-order chi connectivity index (χ1) is 13.7. The zero-order valence-corrected chi connectivity index (χ0v) is 18.6. The van der Waals surface area contributed by atoms with Crippen LogP contribution in [-0.4, -0.2) is 30.1 Å². The SMILES string of the molecule is CC(C)[C@H]1CC[C@H](C)C[C@@H]1O[C@H]1OC(=O)[C@]23C=CCC(C)(C)[C@@H]2C=C[C@H](CO)[C@H]13. The molecule has 1 N–H and O–H groups in total. The number of ether oxygens (including phenoxy) is 2. The average molecular weight is 403 g/mol.